The van der Waals surface area contributed by atoms with Crippen LogP contribution in [0.3, 0.4) is 0 Å². The van der Waals surface area contributed by atoms with Crippen molar-refractivity contribution in [3.63, 3.8) is 0 Å². The van der Waals surface area contributed by atoms with Crippen LogP contribution in [0, 0.1) is 5.41 Å². The Balaban J connectivity index is 0.973. The third kappa shape index (κ3) is 6.43. The van der Waals surface area contributed by atoms with Gasteiger partial charge < -0.3 is 34.4 Å². The van der Waals surface area contributed by atoms with Gasteiger partial charge in [-0.2, -0.15) is 15.0 Å². The molecular formula is C31H39N11O4. The van der Waals surface area contributed by atoms with Gasteiger partial charge in [-0.05, 0) is 51.2 Å². The van der Waals surface area contributed by atoms with Crippen LogP contribution in [0.25, 0.3) is 11.4 Å². The molecule has 6 heterocycles. The lowest BCUT2D eigenvalue weighted by atomic mass is 9.78. The van der Waals surface area contributed by atoms with Crippen molar-refractivity contribution in [1.29, 1.82) is 0 Å². The molecule has 0 aliphatic carbocycles. The molecule has 46 heavy (non-hydrogen) atoms. The number of rotatable bonds is 7. The van der Waals surface area contributed by atoms with Crippen molar-refractivity contribution in [2.75, 3.05) is 100 Å². The maximum atomic E-state index is 13.0. The number of hydrogen-bond acceptors (Lipinski definition) is 12. The number of ether oxygens (including phenoxy) is 2. The third-order valence-electron chi connectivity index (χ3n) is 9.06. The van der Waals surface area contributed by atoms with Gasteiger partial charge in [0.15, 0.2) is 5.82 Å². The summed E-state index contributed by atoms with van der Waals surface area (Å²) >= 11 is 0. The van der Waals surface area contributed by atoms with E-state index in [-0.39, 0.29) is 17.3 Å². The van der Waals surface area contributed by atoms with Crippen LogP contribution < -0.4 is 20.4 Å². The van der Waals surface area contributed by atoms with Crippen LogP contribution in [0.5, 0.6) is 0 Å². The third-order valence-corrected chi connectivity index (χ3v) is 9.06. The Bertz CT molecular complexity index is 1540. The van der Waals surface area contributed by atoms with E-state index in [0.29, 0.717) is 66.9 Å². The van der Waals surface area contributed by atoms with Crippen molar-refractivity contribution < 1.29 is 19.1 Å². The number of amides is 3. The highest BCUT2D eigenvalue weighted by atomic mass is 16.5. The van der Waals surface area contributed by atoms with Gasteiger partial charge in [-0.25, -0.2) is 14.8 Å². The molecule has 4 aliphatic rings. The predicted molar refractivity (Wildman–Crippen MR) is 171 cm³/mol. The SMILES string of the molecule is CN(C)C1CCN(C(=O)c2ccc(NC(=O)Nc3ncc(-c4nc(N5CCOCC5)nc(N5CC6(COC6)C5)n4)cn3)cc2)CC1. The number of benzene rings is 1. The van der Waals surface area contributed by atoms with E-state index in [2.05, 4.69) is 49.4 Å². The number of hydrogen-bond donors (Lipinski definition) is 2. The Hall–Kier alpha value is -4.47. The molecule has 2 aromatic heterocycles. The molecule has 4 aliphatic heterocycles. The molecule has 1 spiro atoms. The summed E-state index contributed by atoms with van der Waals surface area (Å²) < 4.78 is 10.9. The normalized spacial score (nSPS) is 19.5. The van der Waals surface area contributed by atoms with E-state index in [1.807, 2.05) is 4.90 Å². The number of morpholine rings is 1. The zero-order chi connectivity index (χ0) is 31.7. The Morgan fingerprint density at radius 2 is 1.50 bits per heavy atom. The lowest BCUT2D eigenvalue weighted by Gasteiger charge is -2.54. The minimum absolute atomic E-state index is 0.00538. The smallest absolute Gasteiger partial charge is 0.326 e. The molecule has 7 rings (SSSR count). The van der Waals surface area contributed by atoms with E-state index in [9.17, 15) is 9.59 Å². The first-order chi connectivity index (χ1) is 22.3. The van der Waals surface area contributed by atoms with Crippen LogP contribution in [0.2, 0.25) is 0 Å². The standard InChI is InChI=1S/C31H39N11O4/c1-39(2)24-7-9-40(10-8-24)26(43)21-3-5-23(6-4-21)34-30(44)37-27-32-15-22(16-33-27)25-35-28(41-11-13-45-14-12-41)38-29(36-25)42-17-31(18-42)19-46-20-31/h3-6,15-16,24H,7-14,17-20H2,1-2H3,(H2,32,33,34,37,44). The maximum Gasteiger partial charge on any atom is 0.326 e. The minimum Gasteiger partial charge on any atom is -0.380 e. The number of carbonyl (C=O) groups is 2. The second-order valence-corrected chi connectivity index (χ2v) is 12.6. The fraction of sp³-hybridized carbons (Fsp3) is 0.516. The molecule has 4 saturated heterocycles. The molecular weight excluding hydrogens is 590 g/mol. The number of urea groups is 1. The van der Waals surface area contributed by atoms with Crippen LogP contribution in [-0.2, 0) is 9.47 Å². The first-order valence-corrected chi connectivity index (χ1v) is 15.7. The van der Waals surface area contributed by atoms with Gasteiger partial charge in [0.25, 0.3) is 5.91 Å². The highest BCUT2D eigenvalue weighted by molar-refractivity contribution is 5.99. The average molecular weight is 630 g/mol. The molecule has 3 aromatic rings. The van der Waals surface area contributed by atoms with E-state index >= 15 is 0 Å². The Kier molecular flexibility index (Phi) is 8.36. The summed E-state index contributed by atoms with van der Waals surface area (Å²) in [5.41, 5.74) is 1.97. The molecule has 0 saturated carbocycles. The Morgan fingerprint density at radius 1 is 0.848 bits per heavy atom. The number of nitrogens with one attached hydrogen (secondary N) is 2. The van der Waals surface area contributed by atoms with Gasteiger partial charge in [0, 0.05) is 69.0 Å². The van der Waals surface area contributed by atoms with E-state index < -0.39 is 6.03 Å². The topological polar surface area (TPSA) is 154 Å². The van der Waals surface area contributed by atoms with Gasteiger partial charge in [-0.1, -0.05) is 0 Å². The zero-order valence-corrected chi connectivity index (χ0v) is 26.2. The van der Waals surface area contributed by atoms with Crippen molar-refractivity contribution >= 4 is 35.5 Å². The van der Waals surface area contributed by atoms with Gasteiger partial charge >= 0.3 is 6.03 Å². The molecule has 1 aromatic carbocycles. The number of likely N-dealkylation sites (tertiary alicyclic amines) is 1. The molecule has 0 bridgehead atoms. The van der Waals surface area contributed by atoms with Gasteiger partial charge in [0.05, 0.1) is 37.4 Å². The van der Waals surface area contributed by atoms with Crippen LogP contribution in [-0.4, -0.2) is 132 Å². The second-order valence-electron chi connectivity index (χ2n) is 12.6. The number of nitrogens with zero attached hydrogens (tertiary/aromatic N) is 9. The minimum atomic E-state index is -0.499. The fourth-order valence-electron chi connectivity index (χ4n) is 6.24. The molecule has 0 atom stereocenters. The summed E-state index contributed by atoms with van der Waals surface area (Å²) in [4.78, 5) is 56.9. The summed E-state index contributed by atoms with van der Waals surface area (Å²) in [6.07, 6.45) is 5.10. The van der Waals surface area contributed by atoms with E-state index in [0.717, 1.165) is 52.2 Å². The van der Waals surface area contributed by atoms with Crippen molar-refractivity contribution in [2.45, 2.75) is 18.9 Å². The molecule has 0 radical (unpaired) electrons. The highest BCUT2D eigenvalue weighted by Gasteiger charge is 2.50. The van der Waals surface area contributed by atoms with Crippen LogP contribution in [0.15, 0.2) is 36.7 Å². The lowest BCUT2D eigenvalue weighted by molar-refractivity contribution is -0.127. The monoisotopic (exact) mass is 629 g/mol. The quantitative estimate of drug-likeness (QED) is 0.392. The molecule has 3 amide bonds. The van der Waals surface area contributed by atoms with Crippen LogP contribution in [0.1, 0.15) is 23.2 Å². The van der Waals surface area contributed by atoms with Gasteiger partial charge in [0.2, 0.25) is 17.8 Å². The molecule has 0 unspecified atom stereocenters. The summed E-state index contributed by atoms with van der Waals surface area (Å²) in [5, 5.41) is 5.43. The predicted octanol–water partition coefficient (Wildman–Crippen LogP) is 1.81. The molecule has 242 valence electrons. The summed E-state index contributed by atoms with van der Waals surface area (Å²) in [5.74, 6) is 1.81. The second kappa shape index (κ2) is 12.7. The van der Waals surface area contributed by atoms with Gasteiger partial charge in [0.1, 0.15) is 0 Å². The summed E-state index contributed by atoms with van der Waals surface area (Å²) in [6.45, 7) is 7.35. The van der Waals surface area contributed by atoms with Crippen molar-refractivity contribution in [2.24, 2.45) is 5.41 Å². The molecule has 2 N–H and O–H groups in total. The molecule has 15 nitrogen and oxygen atoms in total. The Labute approximate surface area is 267 Å². The van der Waals surface area contributed by atoms with Crippen LogP contribution in [0.4, 0.5) is 28.3 Å². The zero-order valence-electron chi connectivity index (χ0n) is 26.2. The number of piperidine rings is 1. The van der Waals surface area contributed by atoms with Gasteiger partial charge in [-0.3, -0.25) is 10.1 Å². The van der Waals surface area contributed by atoms with E-state index in [1.165, 1.54) is 0 Å². The van der Waals surface area contributed by atoms with Crippen molar-refractivity contribution in [3.05, 3.63) is 42.2 Å². The van der Waals surface area contributed by atoms with E-state index in [4.69, 9.17) is 24.4 Å². The van der Waals surface area contributed by atoms with Crippen molar-refractivity contribution in [3.8, 4) is 11.4 Å². The van der Waals surface area contributed by atoms with Crippen molar-refractivity contribution in [1.82, 2.24) is 34.7 Å². The fourth-order valence-corrected chi connectivity index (χ4v) is 6.24. The first kappa shape index (κ1) is 30.2. The van der Waals surface area contributed by atoms with Crippen LogP contribution >= 0.6 is 0 Å². The summed E-state index contributed by atoms with van der Waals surface area (Å²) in [7, 11) is 4.16. The Morgan fingerprint density at radius 3 is 2.11 bits per heavy atom. The van der Waals surface area contributed by atoms with Gasteiger partial charge in [-0.15, -0.1) is 0 Å². The number of carbonyl (C=O) groups excluding carboxylic acids is 2. The largest absolute Gasteiger partial charge is 0.380 e. The molecule has 4 fully saturated rings. The maximum absolute atomic E-state index is 13.0. The average Bonchev–Trinajstić information content (AvgIpc) is 3.04. The van der Waals surface area contributed by atoms with E-state index in [1.54, 1.807) is 36.7 Å². The molecule has 15 heteroatoms. The number of anilines is 4. The first-order valence-electron chi connectivity index (χ1n) is 15.7. The highest BCUT2D eigenvalue weighted by Crippen LogP contribution is 2.39. The number of aromatic nitrogens is 5. The summed E-state index contributed by atoms with van der Waals surface area (Å²) in [6, 6.07) is 6.90. The lowest BCUT2D eigenvalue weighted by Crippen LogP contribution is -2.66.